The van der Waals surface area contributed by atoms with E-state index in [-0.39, 0.29) is 18.4 Å². The highest BCUT2D eigenvalue weighted by molar-refractivity contribution is 7.19. The molecule has 2 amide bonds. The number of thiazole rings is 1. The number of nitrogens with one attached hydrogen (secondary N) is 1. The van der Waals surface area contributed by atoms with Crippen LogP contribution < -0.4 is 5.32 Å². The summed E-state index contributed by atoms with van der Waals surface area (Å²) >= 11 is 13.5. The molecule has 0 radical (unpaired) electrons. The third-order valence-corrected chi connectivity index (χ3v) is 5.59. The molecular formula is C21H19Cl2N3O2S. The zero-order valence-electron chi connectivity index (χ0n) is 15.7. The van der Waals surface area contributed by atoms with Crippen LogP contribution in [0.15, 0.2) is 48.5 Å². The molecule has 29 heavy (non-hydrogen) atoms. The van der Waals surface area contributed by atoms with E-state index in [1.807, 2.05) is 31.2 Å². The second-order valence-electron chi connectivity index (χ2n) is 6.29. The van der Waals surface area contributed by atoms with Crippen molar-refractivity contribution in [2.45, 2.75) is 13.3 Å². The first-order chi connectivity index (χ1) is 14.0. The Kier molecular flexibility index (Phi) is 7.25. The van der Waals surface area contributed by atoms with Gasteiger partial charge in [-0.3, -0.25) is 9.59 Å². The van der Waals surface area contributed by atoms with Crippen LogP contribution in [-0.4, -0.2) is 34.8 Å². The summed E-state index contributed by atoms with van der Waals surface area (Å²) in [6, 6.07) is 12.6. The quantitative estimate of drug-likeness (QED) is 0.486. The largest absolute Gasteiger partial charge is 0.330 e. The molecule has 8 heteroatoms. The Hall–Kier alpha value is -2.41. The van der Waals surface area contributed by atoms with Crippen LogP contribution in [0.2, 0.25) is 10.0 Å². The fraction of sp³-hybridized carbons (Fsp3) is 0.190. The molecule has 0 unspecified atom stereocenters. The lowest BCUT2D eigenvalue weighted by Crippen LogP contribution is -2.37. The van der Waals surface area contributed by atoms with Crippen molar-refractivity contribution < 1.29 is 9.59 Å². The van der Waals surface area contributed by atoms with Gasteiger partial charge in [0.05, 0.1) is 20.9 Å². The summed E-state index contributed by atoms with van der Waals surface area (Å²) in [6.07, 6.45) is 3.86. The molecule has 3 rings (SSSR count). The van der Waals surface area contributed by atoms with Crippen molar-refractivity contribution in [3.8, 4) is 0 Å². The molecule has 0 fully saturated rings. The molecule has 1 N–H and O–H groups in total. The fourth-order valence-corrected chi connectivity index (χ4v) is 3.91. The number of halogens is 2. The zero-order chi connectivity index (χ0) is 20.8. The molecule has 3 aromatic rings. The van der Waals surface area contributed by atoms with Crippen molar-refractivity contribution in [1.29, 1.82) is 0 Å². The number of carbonyl (C=O) groups is 2. The molecule has 0 bridgehead atoms. The number of hydrogen-bond donors (Lipinski definition) is 1. The number of aromatic nitrogens is 1. The van der Waals surface area contributed by atoms with Crippen LogP contribution in [0.4, 0.5) is 5.69 Å². The maximum absolute atomic E-state index is 12.6. The lowest BCUT2D eigenvalue weighted by molar-refractivity contribution is -0.130. The Bertz CT molecular complexity index is 1030. The molecule has 0 aliphatic carbocycles. The minimum Gasteiger partial charge on any atom is -0.330 e. The van der Waals surface area contributed by atoms with E-state index in [4.69, 9.17) is 23.2 Å². The molecule has 0 spiro atoms. The van der Waals surface area contributed by atoms with Crippen LogP contribution in [0.3, 0.4) is 0 Å². The first-order valence-corrected chi connectivity index (χ1v) is 10.6. The van der Waals surface area contributed by atoms with Gasteiger partial charge in [0.25, 0.3) is 0 Å². The number of fused-ring (bicyclic) bond motifs is 1. The summed E-state index contributed by atoms with van der Waals surface area (Å²) in [4.78, 5) is 31.0. The number of nitrogens with zero attached hydrogens (tertiary/aromatic N) is 2. The number of amides is 2. The van der Waals surface area contributed by atoms with E-state index in [0.717, 1.165) is 21.6 Å². The Labute approximate surface area is 182 Å². The van der Waals surface area contributed by atoms with Crippen molar-refractivity contribution in [1.82, 2.24) is 9.88 Å². The Morgan fingerprint density at radius 3 is 2.76 bits per heavy atom. The number of rotatable bonds is 7. The van der Waals surface area contributed by atoms with Crippen molar-refractivity contribution in [2.75, 3.05) is 18.4 Å². The van der Waals surface area contributed by atoms with Crippen LogP contribution in [-0.2, 0) is 9.59 Å². The minimum absolute atomic E-state index is 0.0836. The van der Waals surface area contributed by atoms with Gasteiger partial charge in [-0.05, 0) is 42.8 Å². The normalized spacial score (nSPS) is 11.1. The SMILES string of the molecule is CCCN(CC(=O)Nc1cc(Cl)ccc1Cl)C(=O)/C=C/c1nc2ccccc2s1. The van der Waals surface area contributed by atoms with Crippen LogP contribution in [0.1, 0.15) is 18.4 Å². The zero-order valence-corrected chi connectivity index (χ0v) is 18.0. The molecule has 0 aliphatic heterocycles. The summed E-state index contributed by atoms with van der Waals surface area (Å²) < 4.78 is 1.06. The van der Waals surface area contributed by atoms with Crippen LogP contribution >= 0.6 is 34.5 Å². The summed E-state index contributed by atoms with van der Waals surface area (Å²) in [5, 5.41) is 4.29. The van der Waals surface area contributed by atoms with E-state index in [2.05, 4.69) is 10.3 Å². The van der Waals surface area contributed by atoms with Gasteiger partial charge in [0.1, 0.15) is 11.6 Å². The van der Waals surface area contributed by atoms with Gasteiger partial charge in [-0.25, -0.2) is 4.98 Å². The molecule has 5 nitrogen and oxygen atoms in total. The first-order valence-electron chi connectivity index (χ1n) is 9.03. The molecule has 2 aromatic carbocycles. The van der Waals surface area contributed by atoms with E-state index in [0.29, 0.717) is 22.3 Å². The number of benzene rings is 2. The van der Waals surface area contributed by atoms with Crippen LogP contribution in [0, 0.1) is 0 Å². The summed E-state index contributed by atoms with van der Waals surface area (Å²) in [7, 11) is 0. The van der Waals surface area contributed by atoms with E-state index in [9.17, 15) is 9.59 Å². The topological polar surface area (TPSA) is 62.3 Å². The number of para-hydroxylation sites is 1. The van der Waals surface area contributed by atoms with Gasteiger partial charge in [0, 0.05) is 17.6 Å². The lowest BCUT2D eigenvalue weighted by atomic mass is 10.3. The first kappa shape index (κ1) is 21.3. The van der Waals surface area contributed by atoms with Crippen molar-refractivity contribution in [3.05, 3.63) is 63.6 Å². The third kappa shape index (κ3) is 5.79. The lowest BCUT2D eigenvalue weighted by Gasteiger charge is -2.20. The maximum Gasteiger partial charge on any atom is 0.247 e. The molecule has 0 aliphatic rings. The van der Waals surface area contributed by atoms with E-state index >= 15 is 0 Å². The maximum atomic E-state index is 12.6. The number of anilines is 1. The van der Waals surface area contributed by atoms with Gasteiger partial charge in [-0.1, -0.05) is 42.3 Å². The average Bonchev–Trinajstić information content (AvgIpc) is 3.11. The predicted octanol–water partition coefficient (Wildman–Crippen LogP) is 5.49. The fourth-order valence-electron chi connectivity index (χ4n) is 2.70. The van der Waals surface area contributed by atoms with Crippen molar-refractivity contribution in [3.63, 3.8) is 0 Å². The van der Waals surface area contributed by atoms with Crippen molar-refractivity contribution >= 4 is 68.3 Å². The van der Waals surface area contributed by atoms with E-state index in [1.165, 1.54) is 22.3 Å². The second-order valence-corrected chi connectivity index (χ2v) is 8.19. The molecule has 1 aromatic heterocycles. The number of carbonyl (C=O) groups excluding carboxylic acids is 2. The van der Waals surface area contributed by atoms with E-state index < -0.39 is 0 Å². The molecule has 0 saturated carbocycles. The molecular weight excluding hydrogens is 429 g/mol. The highest BCUT2D eigenvalue weighted by Crippen LogP contribution is 2.25. The van der Waals surface area contributed by atoms with Gasteiger partial charge >= 0.3 is 0 Å². The van der Waals surface area contributed by atoms with Crippen molar-refractivity contribution in [2.24, 2.45) is 0 Å². The number of hydrogen-bond acceptors (Lipinski definition) is 4. The monoisotopic (exact) mass is 447 g/mol. The van der Waals surface area contributed by atoms with Gasteiger partial charge in [0.15, 0.2) is 0 Å². The second kappa shape index (κ2) is 9.87. The predicted molar refractivity (Wildman–Crippen MR) is 121 cm³/mol. The highest BCUT2D eigenvalue weighted by atomic mass is 35.5. The van der Waals surface area contributed by atoms with Gasteiger partial charge in [-0.2, -0.15) is 0 Å². The summed E-state index contributed by atoms with van der Waals surface area (Å²) in [5.41, 5.74) is 1.31. The standard InChI is InChI=1S/C21H19Cl2N3O2S/c1-2-11-26(13-19(27)24-17-12-14(22)7-8-15(17)23)21(28)10-9-20-25-16-5-3-4-6-18(16)29-20/h3-10,12H,2,11,13H2,1H3,(H,24,27)/b10-9+. The van der Waals surface area contributed by atoms with Gasteiger partial charge < -0.3 is 10.2 Å². The molecule has 1 heterocycles. The molecule has 0 atom stereocenters. The van der Waals surface area contributed by atoms with Crippen LogP contribution in [0.5, 0.6) is 0 Å². The van der Waals surface area contributed by atoms with Gasteiger partial charge in [-0.15, -0.1) is 11.3 Å². The van der Waals surface area contributed by atoms with Gasteiger partial charge in [0.2, 0.25) is 11.8 Å². The van der Waals surface area contributed by atoms with E-state index in [1.54, 1.807) is 24.3 Å². The Morgan fingerprint density at radius 1 is 1.21 bits per heavy atom. The third-order valence-electron chi connectivity index (χ3n) is 4.02. The molecule has 0 saturated heterocycles. The Morgan fingerprint density at radius 2 is 2.00 bits per heavy atom. The Balaban J connectivity index is 1.66. The summed E-state index contributed by atoms with van der Waals surface area (Å²) in [6.45, 7) is 2.32. The summed E-state index contributed by atoms with van der Waals surface area (Å²) in [5.74, 6) is -0.595. The average molecular weight is 448 g/mol. The minimum atomic E-state index is -0.343. The molecule has 150 valence electrons. The highest BCUT2D eigenvalue weighted by Gasteiger charge is 2.16. The van der Waals surface area contributed by atoms with Crippen LogP contribution in [0.25, 0.3) is 16.3 Å². The smallest absolute Gasteiger partial charge is 0.247 e.